The highest BCUT2D eigenvalue weighted by Gasteiger charge is 2.79. The van der Waals surface area contributed by atoms with Crippen molar-refractivity contribution in [3.8, 4) is 0 Å². The van der Waals surface area contributed by atoms with Gasteiger partial charge in [0.25, 0.3) is 0 Å². The predicted molar refractivity (Wildman–Crippen MR) is 91.8 cm³/mol. The molecule has 0 aromatic carbocycles. The van der Waals surface area contributed by atoms with Crippen LogP contribution in [-0.4, -0.2) is 34.5 Å². The lowest BCUT2D eigenvalue weighted by Crippen LogP contribution is -2.56. The molecule has 4 aliphatic carbocycles. The average Bonchev–Trinajstić information content (AvgIpc) is 3.23. The Morgan fingerprint density at radius 3 is 2.72 bits per heavy atom. The van der Waals surface area contributed by atoms with E-state index in [0.717, 1.165) is 37.7 Å². The summed E-state index contributed by atoms with van der Waals surface area (Å²) >= 11 is 0. The van der Waals surface area contributed by atoms with Crippen molar-refractivity contribution >= 4 is 11.6 Å². The molecule has 4 nitrogen and oxygen atoms in total. The number of rotatable bonds is 1. The summed E-state index contributed by atoms with van der Waals surface area (Å²) in [7, 11) is 0. The molecule has 136 valence electrons. The Labute approximate surface area is 149 Å². The van der Waals surface area contributed by atoms with Crippen molar-refractivity contribution in [1.82, 2.24) is 0 Å². The van der Waals surface area contributed by atoms with Crippen molar-refractivity contribution < 1.29 is 19.4 Å². The van der Waals surface area contributed by atoms with Gasteiger partial charge in [0, 0.05) is 11.8 Å². The van der Waals surface area contributed by atoms with E-state index in [1.807, 2.05) is 0 Å². The molecule has 3 saturated carbocycles. The standard InChI is InChI=1S/C21H28O4/c1-11(22)21-18(25-21)10-15-13-9-17(24)16-8-12(23)4-6-19(16,2)14(13)5-7-20(15,21)3/h8,13-15,17-18,24H,4-7,9-10H2,1-3H3/t13-,14+,15+,17?,18-,19-,20+,21-/m1/s1. The molecule has 0 aromatic rings. The van der Waals surface area contributed by atoms with E-state index >= 15 is 0 Å². The highest BCUT2D eigenvalue weighted by Crippen LogP contribution is 2.73. The summed E-state index contributed by atoms with van der Waals surface area (Å²) in [5.41, 5.74) is 0.281. The number of ether oxygens (including phenoxy) is 1. The third-order valence-electron chi connectivity index (χ3n) is 8.93. The molecule has 4 heteroatoms. The molecule has 4 fully saturated rings. The lowest BCUT2D eigenvalue weighted by Gasteiger charge is -2.59. The van der Waals surface area contributed by atoms with E-state index in [2.05, 4.69) is 13.8 Å². The van der Waals surface area contributed by atoms with Gasteiger partial charge in [0.15, 0.2) is 17.2 Å². The van der Waals surface area contributed by atoms with Gasteiger partial charge in [-0.2, -0.15) is 0 Å². The van der Waals surface area contributed by atoms with Gasteiger partial charge in [-0.05, 0) is 73.8 Å². The van der Waals surface area contributed by atoms with Crippen LogP contribution in [0.15, 0.2) is 11.6 Å². The fraction of sp³-hybridized carbons (Fsp3) is 0.810. The van der Waals surface area contributed by atoms with Crippen LogP contribution in [0.5, 0.6) is 0 Å². The minimum atomic E-state index is -0.548. The first kappa shape index (κ1) is 16.2. The Kier molecular flexibility index (Phi) is 3.00. The fourth-order valence-corrected chi connectivity index (χ4v) is 7.67. The zero-order chi connectivity index (χ0) is 17.8. The Bertz CT molecular complexity index is 711. The maximum absolute atomic E-state index is 12.4. The Morgan fingerprint density at radius 1 is 1.24 bits per heavy atom. The van der Waals surface area contributed by atoms with Crippen LogP contribution < -0.4 is 0 Å². The van der Waals surface area contributed by atoms with Crippen molar-refractivity contribution in [2.45, 2.75) is 77.1 Å². The van der Waals surface area contributed by atoms with Crippen LogP contribution in [0.2, 0.25) is 0 Å². The number of ketones is 2. The lowest BCUT2D eigenvalue weighted by atomic mass is 9.46. The van der Waals surface area contributed by atoms with E-state index in [1.165, 1.54) is 0 Å². The van der Waals surface area contributed by atoms with Crippen LogP contribution in [0.4, 0.5) is 0 Å². The molecule has 5 aliphatic rings. The fourth-order valence-electron chi connectivity index (χ4n) is 7.67. The Hall–Kier alpha value is -1.00. The first-order chi connectivity index (χ1) is 11.7. The van der Waals surface area contributed by atoms with E-state index in [4.69, 9.17) is 4.74 Å². The molecule has 1 N–H and O–H groups in total. The number of aliphatic hydroxyl groups is 1. The number of Topliss-reactive ketones (excluding diaryl/α,β-unsaturated/α-hetero) is 1. The smallest absolute Gasteiger partial charge is 0.164 e. The van der Waals surface area contributed by atoms with Gasteiger partial charge in [-0.3, -0.25) is 9.59 Å². The monoisotopic (exact) mass is 344 g/mol. The third kappa shape index (κ3) is 1.71. The van der Waals surface area contributed by atoms with Gasteiger partial charge in [-0.25, -0.2) is 0 Å². The predicted octanol–water partition coefficient (Wildman–Crippen LogP) is 2.83. The van der Waals surface area contributed by atoms with Gasteiger partial charge in [0.05, 0.1) is 12.2 Å². The molecule has 1 saturated heterocycles. The molecule has 8 atom stereocenters. The molecule has 0 bridgehead atoms. The zero-order valence-corrected chi connectivity index (χ0v) is 15.4. The van der Waals surface area contributed by atoms with Crippen molar-refractivity contribution in [2.75, 3.05) is 0 Å². The van der Waals surface area contributed by atoms with Gasteiger partial charge in [0.1, 0.15) is 0 Å². The molecule has 1 aliphatic heterocycles. The second-order valence-corrected chi connectivity index (χ2v) is 9.70. The highest BCUT2D eigenvalue weighted by atomic mass is 16.6. The Balaban J connectivity index is 1.54. The minimum absolute atomic E-state index is 0.0609. The summed E-state index contributed by atoms with van der Waals surface area (Å²) in [6, 6.07) is 0. The van der Waals surface area contributed by atoms with Gasteiger partial charge in [-0.15, -0.1) is 0 Å². The van der Waals surface area contributed by atoms with E-state index in [9.17, 15) is 14.7 Å². The van der Waals surface area contributed by atoms with Crippen LogP contribution in [0, 0.1) is 28.6 Å². The van der Waals surface area contributed by atoms with Crippen LogP contribution in [0.3, 0.4) is 0 Å². The molecule has 5 rings (SSSR count). The number of hydrogen-bond donors (Lipinski definition) is 1. The summed E-state index contributed by atoms with van der Waals surface area (Å²) < 4.78 is 5.96. The third-order valence-corrected chi connectivity index (χ3v) is 8.93. The van der Waals surface area contributed by atoms with Crippen LogP contribution in [-0.2, 0) is 14.3 Å². The summed E-state index contributed by atoms with van der Waals surface area (Å²) in [6.45, 7) is 6.21. The topological polar surface area (TPSA) is 66.9 Å². The quantitative estimate of drug-likeness (QED) is 0.743. The molecule has 25 heavy (non-hydrogen) atoms. The Morgan fingerprint density at radius 2 is 2.00 bits per heavy atom. The van der Waals surface area contributed by atoms with Crippen molar-refractivity contribution in [1.29, 1.82) is 0 Å². The summed E-state index contributed by atoms with van der Waals surface area (Å²) in [5.74, 6) is 1.73. The van der Waals surface area contributed by atoms with Gasteiger partial charge in [0.2, 0.25) is 0 Å². The van der Waals surface area contributed by atoms with Crippen molar-refractivity contribution in [3.63, 3.8) is 0 Å². The normalized spacial score (nSPS) is 56.2. The number of hydrogen-bond acceptors (Lipinski definition) is 4. The molecule has 1 unspecified atom stereocenters. The van der Waals surface area contributed by atoms with Gasteiger partial charge in [-0.1, -0.05) is 13.8 Å². The maximum atomic E-state index is 12.4. The van der Waals surface area contributed by atoms with Crippen molar-refractivity contribution in [3.05, 3.63) is 11.6 Å². The minimum Gasteiger partial charge on any atom is -0.389 e. The molecular formula is C21H28O4. The molecular weight excluding hydrogens is 316 g/mol. The van der Waals surface area contributed by atoms with Gasteiger partial charge >= 0.3 is 0 Å². The first-order valence-electron chi connectivity index (χ1n) is 9.86. The van der Waals surface area contributed by atoms with Crippen LogP contribution in [0.25, 0.3) is 0 Å². The van der Waals surface area contributed by atoms with Crippen molar-refractivity contribution in [2.24, 2.45) is 28.6 Å². The molecule has 0 radical (unpaired) electrons. The average molecular weight is 344 g/mol. The summed E-state index contributed by atoms with van der Waals surface area (Å²) in [6.07, 6.45) is 6.55. The second kappa shape index (κ2) is 4.64. The summed E-state index contributed by atoms with van der Waals surface area (Å²) in [4.78, 5) is 24.3. The summed E-state index contributed by atoms with van der Waals surface area (Å²) in [5, 5.41) is 10.9. The molecule has 0 amide bonds. The lowest BCUT2D eigenvalue weighted by molar-refractivity contribution is -0.140. The number of fused-ring (bicyclic) bond motifs is 7. The highest BCUT2D eigenvalue weighted by molar-refractivity contribution is 5.92. The first-order valence-corrected chi connectivity index (χ1v) is 9.86. The van der Waals surface area contributed by atoms with E-state index < -0.39 is 11.7 Å². The van der Waals surface area contributed by atoms with E-state index in [-0.39, 0.29) is 28.5 Å². The zero-order valence-electron chi connectivity index (χ0n) is 15.4. The van der Waals surface area contributed by atoms with Gasteiger partial charge < -0.3 is 9.84 Å². The number of carbonyl (C=O) groups is 2. The largest absolute Gasteiger partial charge is 0.389 e. The maximum Gasteiger partial charge on any atom is 0.164 e. The molecule has 0 spiro atoms. The van der Waals surface area contributed by atoms with Crippen LogP contribution in [0.1, 0.15) is 59.3 Å². The van der Waals surface area contributed by atoms with Crippen LogP contribution >= 0.6 is 0 Å². The molecule has 1 heterocycles. The van der Waals surface area contributed by atoms with E-state index in [1.54, 1.807) is 13.0 Å². The SMILES string of the molecule is CC(=O)[C@@]12O[C@@H]1C[C@H]1[C@@H]3CC(O)C4=CC(=O)CC[C@]4(C)[C@H]3CC[C@@]12C. The second-order valence-electron chi connectivity index (χ2n) is 9.70. The number of epoxide rings is 1. The number of carbonyl (C=O) groups excluding carboxylic acids is 2. The number of aliphatic hydroxyl groups excluding tert-OH is 1. The molecule has 0 aromatic heterocycles. The van der Waals surface area contributed by atoms with E-state index in [0.29, 0.717) is 24.2 Å².